The Labute approximate surface area is 202 Å². The van der Waals surface area contributed by atoms with Crippen molar-refractivity contribution in [3.8, 4) is 0 Å². The summed E-state index contributed by atoms with van der Waals surface area (Å²) in [5, 5.41) is 9.92. The molecule has 9 nitrogen and oxygen atoms in total. The molecule has 0 radical (unpaired) electrons. The van der Waals surface area contributed by atoms with Crippen molar-refractivity contribution in [3.63, 3.8) is 0 Å². The number of fused-ring (bicyclic) bond motifs is 1. The minimum Gasteiger partial charge on any atom is -0.378 e. The summed E-state index contributed by atoms with van der Waals surface area (Å²) in [5.74, 6) is -0.708. The van der Waals surface area contributed by atoms with Gasteiger partial charge in [0.1, 0.15) is 5.82 Å². The van der Waals surface area contributed by atoms with Gasteiger partial charge in [0.2, 0.25) is 10.0 Å². The SMILES string of the molecule is CC1(C)c2[nH]nc(NC(=O)c3ccc(N4CCOCC4)cc3)c2CN1S(=O)(=O)c1cccc(F)c1. The summed E-state index contributed by atoms with van der Waals surface area (Å²) in [7, 11) is -4.00. The number of nitrogens with zero attached hydrogens (tertiary/aromatic N) is 3. The van der Waals surface area contributed by atoms with Crippen LogP contribution in [0.4, 0.5) is 15.9 Å². The first-order valence-corrected chi connectivity index (χ1v) is 12.7. The Hall–Kier alpha value is -3.28. The lowest BCUT2D eigenvalue weighted by molar-refractivity contribution is 0.102. The summed E-state index contributed by atoms with van der Waals surface area (Å²) in [6.45, 7) is 6.42. The van der Waals surface area contributed by atoms with Crippen molar-refractivity contribution in [1.29, 1.82) is 0 Å². The Kier molecular flexibility index (Phi) is 5.86. The minimum atomic E-state index is -4.00. The van der Waals surface area contributed by atoms with E-state index < -0.39 is 21.4 Å². The standard InChI is InChI=1S/C24H26FN5O4S/c1-24(2)21-20(15-30(24)35(32,33)19-5-3-4-17(25)14-19)22(28-27-21)26-23(31)16-6-8-18(9-7-16)29-10-12-34-13-11-29/h3-9,14H,10-13,15H2,1-2H3,(H2,26,27,28,31). The summed E-state index contributed by atoms with van der Waals surface area (Å²) in [6, 6.07) is 12.2. The highest BCUT2D eigenvalue weighted by Gasteiger charge is 2.47. The van der Waals surface area contributed by atoms with Crippen LogP contribution in [-0.2, 0) is 26.8 Å². The molecule has 1 fully saturated rings. The molecule has 11 heteroatoms. The second-order valence-electron chi connectivity index (χ2n) is 9.05. The fraction of sp³-hybridized carbons (Fsp3) is 0.333. The minimum absolute atomic E-state index is 0.0107. The van der Waals surface area contributed by atoms with Gasteiger partial charge in [0.05, 0.1) is 29.3 Å². The van der Waals surface area contributed by atoms with Gasteiger partial charge in [0, 0.05) is 36.4 Å². The highest BCUT2D eigenvalue weighted by Crippen LogP contribution is 2.43. The third-order valence-corrected chi connectivity index (χ3v) is 8.54. The number of ether oxygens (including phenoxy) is 1. The lowest BCUT2D eigenvalue weighted by Crippen LogP contribution is -2.40. The number of sulfonamides is 1. The molecular weight excluding hydrogens is 473 g/mol. The molecule has 184 valence electrons. The fourth-order valence-corrected chi connectivity index (χ4v) is 6.32. The number of morpholine rings is 1. The van der Waals surface area contributed by atoms with Crippen LogP contribution >= 0.6 is 0 Å². The van der Waals surface area contributed by atoms with Gasteiger partial charge in [-0.1, -0.05) is 6.07 Å². The molecule has 1 saturated heterocycles. The number of nitrogens with one attached hydrogen (secondary N) is 2. The molecule has 0 aliphatic carbocycles. The molecule has 3 heterocycles. The quantitative estimate of drug-likeness (QED) is 0.559. The summed E-state index contributed by atoms with van der Waals surface area (Å²) in [6.07, 6.45) is 0. The van der Waals surface area contributed by atoms with Crippen molar-refractivity contribution >= 4 is 27.4 Å². The Morgan fingerprint density at radius 1 is 1.14 bits per heavy atom. The van der Waals surface area contributed by atoms with Crippen LogP contribution in [0.2, 0.25) is 0 Å². The van der Waals surface area contributed by atoms with Crippen LogP contribution in [0, 0.1) is 5.82 Å². The molecule has 1 aromatic heterocycles. The molecule has 2 aliphatic heterocycles. The summed E-state index contributed by atoms with van der Waals surface area (Å²) in [5.41, 5.74) is 1.66. The van der Waals surface area contributed by atoms with Gasteiger partial charge in [-0.05, 0) is 56.3 Å². The number of carbonyl (C=O) groups is 1. The van der Waals surface area contributed by atoms with Crippen LogP contribution in [0.25, 0.3) is 0 Å². The first-order valence-electron chi connectivity index (χ1n) is 11.3. The number of anilines is 2. The summed E-state index contributed by atoms with van der Waals surface area (Å²) >= 11 is 0. The Morgan fingerprint density at radius 3 is 2.54 bits per heavy atom. The number of halogens is 1. The normalized spacial score (nSPS) is 17.9. The van der Waals surface area contributed by atoms with Gasteiger partial charge in [-0.25, -0.2) is 12.8 Å². The van der Waals surface area contributed by atoms with Crippen molar-refractivity contribution in [3.05, 3.63) is 71.2 Å². The first-order chi connectivity index (χ1) is 16.7. The van der Waals surface area contributed by atoms with Crippen molar-refractivity contribution < 1.29 is 22.3 Å². The predicted octanol–water partition coefficient (Wildman–Crippen LogP) is 3.08. The zero-order chi connectivity index (χ0) is 24.8. The van der Waals surface area contributed by atoms with Gasteiger partial charge >= 0.3 is 0 Å². The Bertz CT molecular complexity index is 1360. The molecule has 5 rings (SSSR count). The molecule has 0 bridgehead atoms. The maximum Gasteiger partial charge on any atom is 0.256 e. The molecule has 0 atom stereocenters. The van der Waals surface area contributed by atoms with Crippen LogP contribution in [0.3, 0.4) is 0 Å². The third-order valence-electron chi connectivity index (χ3n) is 6.53. The number of rotatable bonds is 5. The van der Waals surface area contributed by atoms with Gasteiger partial charge in [0.15, 0.2) is 5.82 Å². The number of benzene rings is 2. The Balaban J connectivity index is 1.36. The Morgan fingerprint density at radius 2 is 1.86 bits per heavy atom. The molecule has 0 saturated carbocycles. The van der Waals surface area contributed by atoms with E-state index in [0.717, 1.165) is 24.8 Å². The van der Waals surface area contributed by atoms with Gasteiger partial charge in [-0.2, -0.15) is 9.40 Å². The third kappa shape index (κ3) is 4.19. The van der Waals surface area contributed by atoms with Crippen LogP contribution in [0.1, 0.15) is 35.5 Å². The predicted molar refractivity (Wildman–Crippen MR) is 128 cm³/mol. The van der Waals surface area contributed by atoms with E-state index in [4.69, 9.17) is 4.74 Å². The van der Waals surface area contributed by atoms with E-state index in [0.29, 0.717) is 30.0 Å². The van der Waals surface area contributed by atoms with Crippen LogP contribution < -0.4 is 10.2 Å². The van der Waals surface area contributed by atoms with Gasteiger partial charge < -0.3 is 15.0 Å². The number of hydrogen-bond donors (Lipinski definition) is 2. The van der Waals surface area contributed by atoms with Crippen molar-refractivity contribution in [2.45, 2.75) is 30.8 Å². The highest BCUT2D eigenvalue weighted by atomic mass is 32.2. The molecular formula is C24H26FN5O4S. The highest BCUT2D eigenvalue weighted by molar-refractivity contribution is 7.89. The smallest absolute Gasteiger partial charge is 0.256 e. The van der Waals surface area contributed by atoms with Crippen molar-refractivity contribution in [2.75, 3.05) is 36.5 Å². The maximum absolute atomic E-state index is 13.7. The topological polar surface area (TPSA) is 108 Å². The van der Waals surface area contributed by atoms with Crippen LogP contribution in [0.5, 0.6) is 0 Å². The number of amides is 1. The van der Waals surface area contributed by atoms with Gasteiger partial charge in [-0.3, -0.25) is 9.89 Å². The van der Waals surface area contributed by atoms with Crippen LogP contribution in [0.15, 0.2) is 53.4 Å². The van der Waals surface area contributed by atoms with Crippen molar-refractivity contribution in [2.24, 2.45) is 0 Å². The molecule has 2 aromatic carbocycles. The van der Waals surface area contributed by atoms with E-state index in [1.807, 2.05) is 12.1 Å². The maximum atomic E-state index is 13.7. The van der Waals surface area contributed by atoms with Crippen LogP contribution in [-0.4, -0.2) is 55.1 Å². The van der Waals surface area contributed by atoms with E-state index in [1.165, 1.54) is 22.5 Å². The van der Waals surface area contributed by atoms with E-state index in [-0.39, 0.29) is 23.2 Å². The largest absolute Gasteiger partial charge is 0.378 e. The van der Waals surface area contributed by atoms with E-state index >= 15 is 0 Å². The molecule has 35 heavy (non-hydrogen) atoms. The van der Waals surface area contributed by atoms with Gasteiger partial charge in [-0.15, -0.1) is 0 Å². The van der Waals surface area contributed by atoms with E-state index in [1.54, 1.807) is 26.0 Å². The summed E-state index contributed by atoms with van der Waals surface area (Å²) in [4.78, 5) is 15.0. The molecule has 0 spiro atoms. The average Bonchev–Trinajstić information content (AvgIpc) is 3.38. The monoisotopic (exact) mass is 499 g/mol. The molecule has 1 amide bonds. The zero-order valence-electron chi connectivity index (χ0n) is 19.4. The van der Waals surface area contributed by atoms with E-state index in [9.17, 15) is 17.6 Å². The number of carbonyl (C=O) groups excluding carboxylic acids is 1. The van der Waals surface area contributed by atoms with E-state index in [2.05, 4.69) is 20.4 Å². The lowest BCUT2D eigenvalue weighted by Gasteiger charge is -2.30. The first kappa shape index (κ1) is 23.5. The number of H-pyrrole nitrogens is 1. The average molecular weight is 500 g/mol. The number of aromatic amines is 1. The molecule has 3 aromatic rings. The molecule has 2 aliphatic rings. The van der Waals surface area contributed by atoms with Crippen molar-refractivity contribution in [1.82, 2.24) is 14.5 Å². The van der Waals surface area contributed by atoms with Gasteiger partial charge in [0.25, 0.3) is 5.91 Å². The number of hydrogen-bond acceptors (Lipinski definition) is 6. The second kappa shape index (κ2) is 8.74. The summed E-state index contributed by atoms with van der Waals surface area (Å²) < 4.78 is 47.0. The zero-order valence-corrected chi connectivity index (χ0v) is 20.2. The lowest BCUT2D eigenvalue weighted by atomic mass is 10.0. The molecule has 2 N–H and O–H groups in total. The fourth-order valence-electron chi connectivity index (χ4n) is 4.56. The number of aromatic nitrogens is 2. The second-order valence-corrected chi connectivity index (χ2v) is 10.9. The molecule has 0 unspecified atom stereocenters.